The molecule has 0 atom stereocenters. The SMILES string of the molecule is O=P(c1ccccc1)(c1ccc2c(c1)Oc1ccccc1C21c2ccccc2Oc2ccccc21)c1ccc2c(c1)Oc1ccccc1C21c2ccccc2Oc2ccccc21. The van der Waals surface area contributed by atoms with Crippen LogP contribution in [0.5, 0.6) is 46.0 Å². The normalized spacial score (nSPS) is 15.0. The van der Waals surface area contributed by atoms with Crippen molar-refractivity contribution in [3.8, 4) is 46.0 Å². The average molecular weight is 819 g/mol. The molecule has 4 aliphatic heterocycles. The first-order valence-corrected chi connectivity index (χ1v) is 22.5. The second kappa shape index (κ2) is 13.0. The van der Waals surface area contributed by atoms with Gasteiger partial charge < -0.3 is 23.5 Å². The molecule has 0 aromatic heterocycles. The van der Waals surface area contributed by atoms with Gasteiger partial charge in [0.1, 0.15) is 46.0 Å². The van der Waals surface area contributed by atoms with E-state index in [9.17, 15) is 0 Å². The van der Waals surface area contributed by atoms with Crippen LogP contribution in [0.15, 0.2) is 212 Å². The molecule has 4 aliphatic rings. The largest absolute Gasteiger partial charge is 0.457 e. The molecule has 62 heavy (non-hydrogen) atoms. The van der Waals surface area contributed by atoms with E-state index in [1.807, 2.05) is 127 Å². The second-order valence-corrected chi connectivity index (χ2v) is 19.0. The molecule has 294 valence electrons. The van der Waals surface area contributed by atoms with Gasteiger partial charge >= 0.3 is 0 Å². The number of ether oxygens (including phenoxy) is 4. The fourth-order valence-corrected chi connectivity index (χ4v) is 13.3. The van der Waals surface area contributed by atoms with Crippen molar-refractivity contribution in [2.75, 3.05) is 0 Å². The molecule has 0 aliphatic carbocycles. The number of benzene rings is 9. The van der Waals surface area contributed by atoms with Crippen molar-refractivity contribution in [3.05, 3.63) is 257 Å². The van der Waals surface area contributed by atoms with Crippen molar-refractivity contribution < 1.29 is 23.5 Å². The van der Waals surface area contributed by atoms with Crippen molar-refractivity contribution in [1.82, 2.24) is 0 Å². The summed E-state index contributed by atoms with van der Waals surface area (Å²) >= 11 is 0. The molecule has 0 saturated carbocycles. The second-order valence-electron chi connectivity index (χ2n) is 16.2. The third-order valence-corrected chi connectivity index (χ3v) is 16.2. The van der Waals surface area contributed by atoms with Crippen molar-refractivity contribution in [3.63, 3.8) is 0 Å². The molecule has 5 nitrogen and oxygen atoms in total. The summed E-state index contributed by atoms with van der Waals surface area (Å²) in [6, 6.07) is 71.5. The van der Waals surface area contributed by atoms with Crippen molar-refractivity contribution >= 4 is 23.1 Å². The lowest BCUT2D eigenvalue weighted by molar-refractivity contribution is 0.399. The summed E-state index contributed by atoms with van der Waals surface area (Å²) in [7, 11) is -3.62. The Morgan fingerprint density at radius 3 is 0.839 bits per heavy atom. The van der Waals surface area contributed by atoms with Crippen LogP contribution in [0.25, 0.3) is 0 Å². The predicted molar refractivity (Wildman–Crippen MR) is 243 cm³/mol. The van der Waals surface area contributed by atoms with Crippen LogP contribution in [0, 0.1) is 0 Å². The summed E-state index contributed by atoms with van der Waals surface area (Å²) < 4.78 is 43.6. The molecule has 0 radical (unpaired) electrons. The van der Waals surface area contributed by atoms with E-state index in [-0.39, 0.29) is 0 Å². The summed E-state index contributed by atoms with van der Waals surface area (Å²) in [6.07, 6.45) is 0. The van der Waals surface area contributed by atoms with E-state index in [1.54, 1.807) is 0 Å². The number of hydrogen-bond acceptors (Lipinski definition) is 5. The zero-order valence-electron chi connectivity index (χ0n) is 33.2. The summed E-state index contributed by atoms with van der Waals surface area (Å²) in [6.45, 7) is 0. The van der Waals surface area contributed by atoms with Crippen molar-refractivity contribution in [2.24, 2.45) is 0 Å². The standard InChI is InChI=1S/C56H35O5P/c57-62(36-16-2-1-3-17-36,37-30-32-45-53(34-37)60-51-28-14-8-22-43(51)55(45)39-18-4-10-24-47(39)58-48-25-11-5-19-40(48)55)38-31-33-46-54(35-38)61-52-29-15-9-23-44(52)56(46)41-20-6-12-26-49(41)59-50-27-13-7-21-42(50)56/h1-35H. The molecule has 6 heteroatoms. The molecule has 13 rings (SSSR count). The summed E-state index contributed by atoms with van der Waals surface area (Å²) in [4.78, 5) is 0. The van der Waals surface area contributed by atoms with Crippen LogP contribution in [-0.2, 0) is 15.4 Å². The summed E-state index contributed by atoms with van der Waals surface area (Å²) in [5.74, 6) is 5.91. The molecule has 0 unspecified atom stereocenters. The van der Waals surface area contributed by atoms with E-state index in [2.05, 4.69) is 84.9 Å². The highest BCUT2D eigenvalue weighted by molar-refractivity contribution is 7.85. The molecule has 0 fully saturated rings. The molecule has 0 bridgehead atoms. The lowest BCUT2D eigenvalue weighted by Crippen LogP contribution is -2.38. The lowest BCUT2D eigenvalue weighted by Gasteiger charge is -2.45. The minimum absolute atomic E-state index is 0.640. The molecule has 0 N–H and O–H groups in total. The number of rotatable bonds is 3. The number of para-hydroxylation sites is 6. The van der Waals surface area contributed by atoms with Gasteiger partial charge in [-0.15, -0.1) is 0 Å². The minimum Gasteiger partial charge on any atom is -0.457 e. The van der Waals surface area contributed by atoms with Gasteiger partial charge in [0.05, 0.1) is 10.8 Å². The van der Waals surface area contributed by atoms with Gasteiger partial charge in [-0.1, -0.05) is 164 Å². The van der Waals surface area contributed by atoms with Gasteiger partial charge in [-0.2, -0.15) is 0 Å². The van der Waals surface area contributed by atoms with Gasteiger partial charge in [0.15, 0.2) is 7.14 Å². The third kappa shape index (κ3) is 4.55. The van der Waals surface area contributed by atoms with Crippen LogP contribution in [0.1, 0.15) is 44.5 Å². The molecule has 0 saturated heterocycles. The maximum atomic E-state index is 16.7. The average Bonchev–Trinajstić information content (AvgIpc) is 3.33. The fraction of sp³-hybridized carbons (Fsp3) is 0.0357. The van der Waals surface area contributed by atoms with Gasteiger partial charge in [-0.25, -0.2) is 0 Å². The highest BCUT2D eigenvalue weighted by atomic mass is 31.2. The Kier molecular flexibility index (Phi) is 7.35. The molecule has 4 heterocycles. The Labute approximate surface area is 358 Å². The lowest BCUT2D eigenvalue weighted by atomic mass is 9.62. The molecule has 9 aromatic carbocycles. The van der Waals surface area contributed by atoms with Crippen LogP contribution in [-0.4, -0.2) is 0 Å². The smallest absolute Gasteiger partial charge is 0.171 e. The Balaban J connectivity index is 1.05. The Morgan fingerprint density at radius 1 is 0.258 bits per heavy atom. The Hall–Kier alpha value is -7.59. The molecular formula is C56H35O5P. The summed E-state index contributed by atoms with van der Waals surface area (Å²) in [5.41, 5.74) is 6.50. The monoisotopic (exact) mass is 818 g/mol. The van der Waals surface area contributed by atoms with E-state index in [1.165, 1.54) is 0 Å². The van der Waals surface area contributed by atoms with E-state index >= 15 is 4.57 Å². The fourth-order valence-electron chi connectivity index (χ4n) is 10.7. The topological polar surface area (TPSA) is 54.0 Å². The van der Waals surface area contributed by atoms with Gasteiger partial charge in [-0.3, -0.25) is 0 Å². The zero-order chi connectivity index (χ0) is 41.0. The maximum absolute atomic E-state index is 16.7. The Bertz CT molecular complexity index is 3040. The first-order valence-electron chi connectivity index (χ1n) is 20.8. The van der Waals surface area contributed by atoms with E-state index in [0.717, 1.165) is 79.0 Å². The number of fused-ring (bicyclic) bond motifs is 16. The van der Waals surface area contributed by atoms with Crippen LogP contribution in [0.4, 0.5) is 0 Å². The van der Waals surface area contributed by atoms with Gasteiger partial charge in [0.2, 0.25) is 0 Å². The van der Waals surface area contributed by atoms with Crippen LogP contribution in [0.2, 0.25) is 0 Å². The minimum atomic E-state index is -3.62. The molecule has 9 aromatic rings. The molecule has 0 amide bonds. The van der Waals surface area contributed by atoms with Crippen molar-refractivity contribution in [2.45, 2.75) is 10.8 Å². The predicted octanol–water partition coefficient (Wildman–Crippen LogP) is 12.5. The van der Waals surface area contributed by atoms with Crippen LogP contribution >= 0.6 is 7.14 Å². The van der Waals surface area contributed by atoms with E-state index in [0.29, 0.717) is 27.4 Å². The van der Waals surface area contributed by atoms with Gasteiger partial charge in [0.25, 0.3) is 0 Å². The van der Waals surface area contributed by atoms with Gasteiger partial charge in [-0.05, 0) is 48.5 Å². The Morgan fingerprint density at radius 2 is 0.516 bits per heavy atom. The molecule has 2 spiro atoms. The van der Waals surface area contributed by atoms with Gasteiger partial charge in [0, 0.05) is 60.4 Å². The van der Waals surface area contributed by atoms with E-state index in [4.69, 9.17) is 18.9 Å². The first-order chi connectivity index (χ1) is 30.6. The van der Waals surface area contributed by atoms with Crippen molar-refractivity contribution in [1.29, 1.82) is 0 Å². The highest BCUT2D eigenvalue weighted by Gasteiger charge is 2.52. The molecular weight excluding hydrogens is 784 g/mol. The zero-order valence-corrected chi connectivity index (χ0v) is 34.1. The third-order valence-electron chi connectivity index (χ3n) is 13.2. The van der Waals surface area contributed by atoms with E-state index < -0.39 is 18.0 Å². The van der Waals surface area contributed by atoms with Crippen LogP contribution in [0.3, 0.4) is 0 Å². The maximum Gasteiger partial charge on any atom is 0.171 e. The van der Waals surface area contributed by atoms with Crippen LogP contribution < -0.4 is 34.9 Å². The highest BCUT2D eigenvalue weighted by Crippen LogP contribution is 2.63. The number of hydrogen-bond donors (Lipinski definition) is 0. The summed E-state index contributed by atoms with van der Waals surface area (Å²) in [5, 5.41) is 2.01. The quantitative estimate of drug-likeness (QED) is 0.166. The first kappa shape index (κ1) is 35.2.